The number of nitrogens with zero attached hydrogens (tertiary/aromatic N) is 2. The maximum absolute atomic E-state index is 11.7. The van der Waals surface area contributed by atoms with Crippen LogP contribution in [0, 0.1) is 0 Å². The third kappa shape index (κ3) is 3.38. The van der Waals surface area contributed by atoms with Crippen molar-refractivity contribution in [1.29, 1.82) is 0 Å². The molecule has 0 radical (unpaired) electrons. The SMILES string of the molecule is CC(C)c1nc(N(C)Cc2cccc(N)c2)cc(=O)[nH]1. The van der Waals surface area contributed by atoms with Gasteiger partial charge in [0, 0.05) is 31.3 Å². The smallest absolute Gasteiger partial charge is 0.252 e. The summed E-state index contributed by atoms with van der Waals surface area (Å²) in [6, 6.07) is 9.21. The van der Waals surface area contributed by atoms with Crippen molar-refractivity contribution < 1.29 is 0 Å². The van der Waals surface area contributed by atoms with Crippen LogP contribution < -0.4 is 16.2 Å². The molecule has 0 unspecified atom stereocenters. The highest BCUT2D eigenvalue weighted by molar-refractivity contribution is 5.43. The van der Waals surface area contributed by atoms with E-state index < -0.39 is 0 Å². The number of benzene rings is 1. The summed E-state index contributed by atoms with van der Waals surface area (Å²) < 4.78 is 0. The van der Waals surface area contributed by atoms with E-state index in [9.17, 15) is 4.79 Å². The largest absolute Gasteiger partial charge is 0.399 e. The number of aromatic nitrogens is 2. The molecule has 5 heteroatoms. The number of nitrogen functional groups attached to an aromatic ring is 1. The van der Waals surface area contributed by atoms with Crippen LogP contribution in [0.1, 0.15) is 31.2 Å². The van der Waals surface area contributed by atoms with Crippen LogP contribution in [0.4, 0.5) is 11.5 Å². The first-order valence-electron chi connectivity index (χ1n) is 6.62. The second kappa shape index (κ2) is 5.77. The summed E-state index contributed by atoms with van der Waals surface area (Å²) >= 11 is 0. The lowest BCUT2D eigenvalue weighted by Crippen LogP contribution is -2.22. The molecule has 0 aliphatic rings. The minimum atomic E-state index is -0.127. The van der Waals surface area contributed by atoms with E-state index in [0.29, 0.717) is 18.2 Å². The molecule has 1 aromatic heterocycles. The molecule has 3 N–H and O–H groups in total. The van der Waals surface area contributed by atoms with Crippen LogP contribution in [-0.2, 0) is 6.54 Å². The van der Waals surface area contributed by atoms with Gasteiger partial charge in [0.1, 0.15) is 11.6 Å². The first kappa shape index (κ1) is 14.1. The van der Waals surface area contributed by atoms with Gasteiger partial charge in [0.25, 0.3) is 5.56 Å². The minimum absolute atomic E-state index is 0.127. The third-order valence-electron chi connectivity index (χ3n) is 3.06. The van der Waals surface area contributed by atoms with Gasteiger partial charge in [0.05, 0.1) is 0 Å². The van der Waals surface area contributed by atoms with Gasteiger partial charge in [-0.3, -0.25) is 4.79 Å². The van der Waals surface area contributed by atoms with Crippen molar-refractivity contribution in [2.75, 3.05) is 17.7 Å². The Hall–Kier alpha value is -2.30. The fraction of sp³-hybridized carbons (Fsp3) is 0.333. The summed E-state index contributed by atoms with van der Waals surface area (Å²) in [5, 5.41) is 0. The molecule has 1 heterocycles. The summed E-state index contributed by atoms with van der Waals surface area (Å²) in [7, 11) is 1.91. The van der Waals surface area contributed by atoms with Gasteiger partial charge in [0.2, 0.25) is 0 Å². The van der Waals surface area contributed by atoms with E-state index >= 15 is 0 Å². The first-order valence-corrected chi connectivity index (χ1v) is 6.62. The Morgan fingerprint density at radius 2 is 2.10 bits per heavy atom. The van der Waals surface area contributed by atoms with E-state index in [1.165, 1.54) is 6.07 Å². The fourth-order valence-corrected chi connectivity index (χ4v) is 1.98. The van der Waals surface area contributed by atoms with Gasteiger partial charge >= 0.3 is 0 Å². The molecule has 5 nitrogen and oxygen atoms in total. The number of rotatable bonds is 4. The van der Waals surface area contributed by atoms with Gasteiger partial charge in [-0.25, -0.2) is 4.98 Å². The highest BCUT2D eigenvalue weighted by Gasteiger charge is 2.09. The molecule has 0 bridgehead atoms. The highest BCUT2D eigenvalue weighted by Crippen LogP contribution is 2.15. The number of nitrogens with two attached hydrogens (primary N) is 1. The monoisotopic (exact) mass is 272 g/mol. The van der Waals surface area contributed by atoms with E-state index in [0.717, 1.165) is 11.3 Å². The first-order chi connectivity index (χ1) is 9.45. The fourth-order valence-electron chi connectivity index (χ4n) is 1.98. The van der Waals surface area contributed by atoms with Crippen LogP contribution >= 0.6 is 0 Å². The van der Waals surface area contributed by atoms with Crippen LogP contribution in [0.15, 0.2) is 35.1 Å². The standard InChI is InChI=1S/C15H20N4O/c1-10(2)15-17-13(8-14(20)18-15)19(3)9-11-5-4-6-12(16)7-11/h4-8,10H,9,16H2,1-3H3,(H,17,18,20). The number of hydrogen-bond donors (Lipinski definition) is 2. The highest BCUT2D eigenvalue weighted by atomic mass is 16.1. The average molecular weight is 272 g/mol. The molecule has 106 valence electrons. The Morgan fingerprint density at radius 3 is 2.75 bits per heavy atom. The minimum Gasteiger partial charge on any atom is -0.399 e. The van der Waals surface area contributed by atoms with Crippen molar-refractivity contribution in [1.82, 2.24) is 9.97 Å². The van der Waals surface area contributed by atoms with E-state index in [1.807, 2.05) is 50.1 Å². The zero-order valence-electron chi connectivity index (χ0n) is 12.1. The van der Waals surface area contributed by atoms with Gasteiger partial charge in [0.15, 0.2) is 0 Å². The number of aromatic amines is 1. The Kier molecular flexibility index (Phi) is 4.08. The molecule has 0 aliphatic heterocycles. The van der Waals surface area contributed by atoms with Gasteiger partial charge < -0.3 is 15.6 Å². The van der Waals surface area contributed by atoms with Crippen LogP contribution in [0.25, 0.3) is 0 Å². The van der Waals surface area contributed by atoms with Crippen molar-refractivity contribution in [2.24, 2.45) is 0 Å². The number of nitrogens with one attached hydrogen (secondary N) is 1. The van der Waals surface area contributed by atoms with Crippen molar-refractivity contribution in [3.63, 3.8) is 0 Å². The average Bonchev–Trinajstić information content (AvgIpc) is 2.37. The molecule has 0 spiro atoms. The van der Waals surface area contributed by atoms with Crippen LogP contribution in [0.3, 0.4) is 0 Å². The maximum Gasteiger partial charge on any atom is 0.252 e. The third-order valence-corrected chi connectivity index (χ3v) is 3.06. The zero-order chi connectivity index (χ0) is 14.7. The molecule has 0 atom stereocenters. The molecule has 0 saturated heterocycles. The molecular formula is C15H20N4O. The van der Waals surface area contributed by atoms with Gasteiger partial charge in [-0.1, -0.05) is 26.0 Å². The molecule has 2 rings (SSSR count). The molecule has 20 heavy (non-hydrogen) atoms. The van der Waals surface area contributed by atoms with Crippen LogP contribution in [-0.4, -0.2) is 17.0 Å². The van der Waals surface area contributed by atoms with E-state index in [-0.39, 0.29) is 11.5 Å². The van der Waals surface area contributed by atoms with Crippen molar-refractivity contribution in [3.05, 3.63) is 52.1 Å². The molecule has 0 amide bonds. The van der Waals surface area contributed by atoms with Gasteiger partial charge in [-0.2, -0.15) is 0 Å². The quantitative estimate of drug-likeness (QED) is 0.836. The lowest BCUT2D eigenvalue weighted by atomic mass is 10.2. The second-order valence-corrected chi connectivity index (χ2v) is 5.24. The zero-order valence-corrected chi connectivity index (χ0v) is 12.1. The van der Waals surface area contributed by atoms with E-state index in [4.69, 9.17) is 5.73 Å². The lowest BCUT2D eigenvalue weighted by Gasteiger charge is -2.19. The molecule has 2 aromatic rings. The summed E-state index contributed by atoms with van der Waals surface area (Å²) in [4.78, 5) is 20.9. The Labute approximate surface area is 118 Å². The summed E-state index contributed by atoms with van der Waals surface area (Å²) in [6.45, 7) is 4.65. The van der Waals surface area contributed by atoms with Crippen LogP contribution in [0.2, 0.25) is 0 Å². The maximum atomic E-state index is 11.7. The van der Waals surface area contributed by atoms with Gasteiger partial charge in [-0.05, 0) is 17.7 Å². The molecule has 0 saturated carbocycles. The van der Waals surface area contributed by atoms with Crippen molar-refractivity contribution >= 4 is 11.5 Å². The summed E-state index contributed by atoms with van der Waals surface area (Å²) in [6.07, 6.45) is 0. The topological polar surface area (TPSA) is 75.0 Å². The Balaban J connectivity index is 2.25. The predicted octanol–water partition coefficient (Wildman–Crippen LogP) is 2.11. The molecule has 0 fully saturated rings. The van der Waals surface area contributed by atoms with Crippen molar-refractivity contribution in [3.8, 4) is 0 Å². The predicted molar refractivity (Wildman–Crippen MR) is 81.9 cm³/mol. The molecule has 1 aromatic carbocycles. The Morgan fingerprint density at radius 1 is 1.35 bits per heavy atom. The number of H-pyrrole nitrogens is 1. The second-order valence-electron chi connectivity index (χ2n) is 5.24. The summed E-state index contributed by atoms with van der Waals surface area (Å²) in [5.41, 5.74) is 7.46. The lowest BCUT2D eigenvalue weighted by molar-refractivity contribution is 0.755. The Bertz CT molecular complexity index is 648. The summed E-state index contributed by atoms with van der Waals surface area (Å²) in [5.74, 6) is 1.55. The van der Waals surface area contributed by atoms with Gasteiger partial charge in [-0.15, -0.1) is 0 Å². The molecule has 0 aliphatic carbocycles. The van der Waals surface area contributed by atoms with Crippen LogP contribution in [0.5, 0.6) is 0 Å². The normalized spacial score (nSPS) is 10.8. The number of anilines is 2. The molecular weight excluding hydrogens is 252 g/mol. The van der Waals surface area contributed by atoms with Crippen molar-refractivity contribution in [2.45, 2.75) is 26.3 Å². The number of hydrogen-bond acceptors (Lipinski definition) is 4. The van der Waals surface area contributed by atoms with E-state index in [2.05, 4.69) is 9.97 Å². The van der Waals surface area contributed by atoms with E-state index in [1.54, 1.807) is 0 Å².